The lowest BCUT2D eigenvalue weighted by Gasteiger charge is -2.26. The van der Waals surface area contributed by atoms with Gasteiger partial charge in [-0.1, -0.05) is 6.07 Å². The average Bonchev–Trinajstić information content (AvgIpc) is 3.29. The summed E-state index contributed by atoms with van der Waals surface area (Å²) in [5.74, 6) is 1.99. The molecule has 5 heterocycles. The van der Waals surface area contributed by atoms with Crippen LogP contribution in [-0.4, -0.2) is 51.2 Å². The van der Waals surface area contributed by atoms with Gasteiger partial charge in [0.2, 0.25) is 11.9 Å². The van der Waals surface area contributed by atoms with Gasteiger partial charge in [-0.2, -0.15) is 0 Å². The van der Waals surface area contributed by atoms with E-state index in [2.05, 4.69) is 25.2 Å². The molecule has 9 heteroatoms. The lowest BCUT2D eigenvalue weighted by molar-refractivity contribution is 0.122. The number of pyridine rings is 1. The van der Waals surface area contributed by atoms with Gasteiger partial charge in [0.25, 0.3) is 0 Å². The van der Waals surface area contributed by atoms with Crippen LogP contribution in [0.15, 0.2) is 59.7 Å². The van der Waals surface area contributed by atoms with Crippen LogP contribution < -0.4 is 10.2 Å². The molecule has 0 aromatic carbocycles. The summed E-state index contributed by atoms with van der Waals surface area (Å²) in [6.07, 6.45) is 8.80. The summed E-state index contributed by atoms with van der Waals surface area (Å²) in [6, 6.07) is 7.70. The van der Waals surface area contributed by atoms with E-state index in [-0.39, 0.29) is 0 Å². The Morgan fingerprint density at radius 2 is 1.91 bits per heavy atom. The zero-order valence-corrected chi connectivity index (χ0v) is 17.7. The molecule has 1 aliphatic heterocycles. The summed E-state index contributed by atoms with van der Waals surface area (Å²) in [6.45, 7) is 5.38. The minimum atomic E-state index is 0.524. The van der Waals surface area contributed by atoms with E-state index in [4.69, 9.17) is 19.1 Å². The van der Waals surface area contributed by atoms with Crippen molar-refractivity contribution in [3.05, 3.63) is 66.6 Å². The number of furan rings is 1. The zero-order chi connectivity index (χ0) is 21.8. The van der Waals surface area contributed by atoms with Gasteiger partial charge >= 0.3 is 0 Å². The van der Waals surface area contributed by atoms with Gasteiger partial charge in [0, 0.05) is 55.5 Å². The number of hydrogen-bond acceptors (Lipinski definition) is 9. The first-order chi connectivity index (χ1) is 15.8. The van der Waals surface area contributed by atoms with Crippen LogP contribution in [0.1, 0.15) is 11.3 Å². The Balaban J connectivity index is 1.50. The molecule has 4 aromatic rings. The van der Waals surface area contributed by atoms with E-state index < -0.39 is 0 Å². The van der Waals surface area contributed by atoms with Crippen molar-refractivity contribution in [3.63, 3.8) is 0 Å². The van der Waals surface area contributed by atoms with Gasteiger partial charge in [0.1, 0.15) is 5.76 Å². The number of nitrogens with one attached hydrogen (secondary N) is 1. The number of morpholine rings is 1. The van der Waals surface area contributed by atoms with Crippen molar-refractivity contribution < 1.29 is 9.15 Å². The van der Waals surface area contributed by atoms with Crippen LogP contribution >= 0.6 is 0 Å². The van der Waals surface area contributed by atoms with Gasteiger partial charge in [0.05, 0.1) is 30.9 Å². The molecule has 0 radical (unpaired) electrons. The van der Waals surface area contributed by atoms with Crippen molar-refractivity contribution in [1.82, 2.24) is 24.9 Å². The third-order valence-electron chi connectivity index (χ3n) is 5.29. The van der Waals surface area contributed by atoms with E-state index in [1.54, 1.807) is 24.9 Å². The molecule has 9 nitrogen and oxygen atoms in total. The highest BCUT2D eigenvalue weighted by Gasteiger charge is 2.19. The van der Waals surface area contributed by atoms with Crippen LogP contribution in [0.3, 0.4) is 0 Å². The Kier molecular flexibility index (Phi) is 5.71. The van der Waals surface area contributed by atoms with Crippen molar-refractivity contribution in [2.75, 3.05) is 36.5 Å². The number of anilines is 2. The number of rotatable bonds is 6. The molecule has 32 heavy (non-hydrogen) atoms. The van der Waals surface area contributed by atoms with E-state index in [1.165, 1.54) is 0 Å². The summed E-state index contributed by atoms with van der Waals surface area (Å²) in [7, 11) is 0. The maximum absolute atomic E-state index is 5.55. The molecule has 5 rings (SSSR count). The van der Waals surface area contributed by atoms with Crippen molar-refractivity contribution >= 4 is 11.9 Å². The van der Waals surface area contributed by atoms with E-state index in [1.807, 2.05) is 37.4 Å². The SMILES string of the molecule is Cc1occc1-c1nc(NCc2cccnc2)ncc1-c1ccnc(N2CCOCC2)n1. The van der Waals surface area contributed by atoms with E-state index in [0.717, 1.165) is 46.9 Å². The van der Waals surface area contributed by atoms with Crippen molar-refractivity contribution in [2.45, 2.75) is 13.5 Å². The first-order valence-corrected chi connectivity index (χ1v) is 10.5. The fraction of sp³-hybridized carbons (Fsp3) is 0.261. The predicted molar refractivity (Wildman–Crippen MR) is 120 cm³/mol. The molecule has 1 saturated heterocycles. The molecule has 1 fully saturated rings. The maximum Gasteiger partial charge on any atom is 0.226 e. The topological polar surface area (TPSA) is 102 Å². The highest BCUT2D eigenvalue weighted by Crippen LogP contribution is 2.33. The highest BCUT2D eigenvalue weighted by atomic mass is 16.5. The van der Waals surface area contributed by atoms with Crippen molar-refractivity contribution in [3.8, 4) is 22.5 Å². The average molecular weight is 429 g/mol. The molecule has 0 aliphatic carbocycles. The Morgan fingerprint density at radius 1 is 1.00 bits per heavy atom. The molecule has 4 aromatic heterocycles. The molecular weight excluding hydrogens is 406 g/mol. The Morgan fingerprint density at radius 3 is 2.69 bits per heavy atom. The third-order valence-corrected chi connectivity index (χ3v) is 5.29. The second-order valence-electron chi connectivity index (χ2n) is 7.40. The van der Waals surface area contributed by atoms with Crippen LogP contribution in [-0.2, 0) is 11.3 Å². The highest BCUT2D eigenvalue weighted by molar-refractivity contribution is 5.80. The van der Waals surface area contributed by atoms with E-state index in [0.29, 0.717) is 31.7 Å². The quantitative estimate of drug-likeness (QED) is 0.494. The first kappa shape index (κ1) is 20.1. The molecule has 0 bridgehead atoms. The molecular formula is C23H23N7O2. The molecule has 0 amide bonds. The van der Waals surface area contributed by atoms with Gasteiger partial charge in [-0.05, 0) is 30.7 Å². The number of aromatic nitrogens is 5. The summed E-state index contributed by atoms with van der Waals surface area (Å²) in [5, 5.41) is 3.28. The Hall–Kier alpha value is -3.85. The predicted octanol–water partition coefficient (Wildman–Crippen LogP) is 3.35. The summed E-state index contributed by atoms with van der Waals surface area (Å²) in [5.41, 5.74) is 4.28. The number of ether oxygens (including phenoxy) is 1. The largest absolute Gasteiger partial charge is 0.469 e. The van der Waals surface area contributed by atoms with Crippen LogP contribution in [0.25, 0.3) is 22.5 Å². The minimum Gasteiger partial charge on any atom is -0.469 e. The van der Waals surface area contributed by atoms with Crippen LogP contribution in [0.2, 0.25) is 0 Å². The van der Waals surface area contributed by atoms with Gasteiger partial charge in [-0.25, -0.2) is 19.9 Å². The summed E-state index contributed by atoms with van der Waals surface area (Å²) >= 11 is 0. The number of aryl methyl sites for hydroxylation is 1. The first-order valence-electron chi connectivity index (χ1n) is 10.5. The monoisotopic (exact) mass is 429 g/mol. The normalized spacial score (nSPS) is 13.8. The molecule has 162 valence electrons. The van der Waals surface area contributed by atoms with Crippen LogP contribution in [0.4, 0.5) is 11.9 Å². The molecule has 0 saturated carbocycles. The molecule has 0 atom stereocenters. The second-order valence-corrected chi connectivity index (χ2v) is 7.40. The summed E-state index contributed by atoms with van der Waals surface area (Å²) in [4.78, 5) is 24.9. The van der Waals surface area contributed by atoms with Gasteiger partial charge < -0.3 is 19.4 Å². The zero-order valence-electron chi connectivity index (χ0n) is 17.7. The van der Waals surface area contributed by atoms with E-state index >= 15 is 0 Å². The van der Waals surface area contributed by atoms with E-state index in [9.17, 15) is 0 Å². The standard InChI is InChI=1S/C23H23N7O2/c1-16-18(5-10-32-16)21-19(15-27-22(29-21)26-14-17-3-2-6-24-13-17)20-4-7-25-23(28-20)30-8-11-31-12-9-30/h2-7,10,13,15H,8-9,11-12,14H2,1H3,(H,26,27,29). The smallest absolute Gasteiger partial charge is 0.226 e. The van der Waals surface area contributed by atoms with Crippen LogP contribution in [0, 0.1) is 6.92 Å². The minimum absolute atomic E-state index is 0.524. The Labute approximate surface area is 185 Å². The van der Waals surface area contributed by atoms with Gasteiger partial charge in [0.15, 0.2) is 0 Å². The molecule has 0 unspecified atom stereocenters. The number of nitrogens with zero attached hydrogens (tertiary/aromatic N) is 6. The Bertz CT molecular complexity index is 1190. The van der Waals surface area contributed by atoms with Gasteiger partial charge in [-0.3, -0.25) is 4.98 Å². The van der Waals surface area contributed by atoms with Gasteiger partial charge in [-0.15, -0.1) is 0 Å². The van der Waals surface area contributed by atoms with Crippen molar-refractivity contribution in [2.24, 2.45) is 0 Å². The lowest BCUT2D eigenvalue weighted by atomic mass is 10.1. The fourth-order valence-electron chi connectivity index (χ4n) is 3.59. The fourth-order valence-corrected chi connectivity index (χ4v) is 3.59. The van der Waals surface area contributed by atoms with Crippen LogP contribution in [0.5, 0.6) is 0 Å². The number of hydrogen-bond donors (Lipinski definition) is 1. The molecule has 1 N–H and O–H groups in total. The van der Waals surface area contributed by atoms with Crippen molar-refractivity contribution in [1.29, 1.82) is 0 Å². The third kappa shape index (κ3) is 4.28. The molecule has 0 spiro atoms. The summed E-state index contributed by atoms with van der Waals surface area (Å²) < 4.78 is 11.0. The second kappa shape index (κ2) is 9.11. The molecule has 1 aliphatic rings. The maximum atomic E-state index is 5.55. The lowest BCUT2D eigenvalue weighted by Crippen LogP contribution is -2.37.